The summed E-state index contributed by atoms with van der Waals surface area (Å²) in [5.74, 6) is -1.50. The molecule has 0 aromatic rings. The molecule has 69 heavy (non-hydrogen) atoms. The van der Waals surface area contributed by atoms with Gasteiger partial charge in [0.05, 0.1) is 26.4 Å². The van der Waals surface area contributed by atoms with E-state index in [2.05, 4.69) is 34.6 Å². The fourth-order valence-corrected chi connectivity index (χ4v) is 8.69. The van der Waals surface area contributed by atoms with Crippen LogP contribution in [-0.4, -0.2) is 96.7 Å². The average Bonchev–Trinajstić information content (AvgIpc) is 3.30. The highest BCUT2D eigenvalue weighted by molar-refractivity contribution is 7.47. The first-order valence-corrected chi connectivity index (χ1v) is 29.6. The number of ether oxygens (including phenoxy) is 4. The van der Waals surface area contributed by atoms with Crippen molar-refractivity contribution in [2.24, 2.45) is 5.92 Å². The SMILES string of the molecule is CCCCCCCCCCCCC(=O)O[C@H](COC(=O)CCCCCCCCC(C)C)COP(=O)(O)OC[C@@H](O)COP(=O)(O)OC[C@@H](COC(=O)CCCCCCC)OC(=O)CCCCCCC. The maximum absolute atomic E-state index is 12.8. The van der Waals surface area contributed by atoms with E-state index in [4.69, 9.17) is 37.0 Å². The van der Waals surface area contributed by atoms with E-state index < -0.39 is 97.5 Å². The van der Waals surface area contributed by atoms with Crippen molar-refractivity contribution < 1.29 is 80.2 Å². The maximum Gasteiger partial charge on any atom is 0.472 e. The van der Waals surface area contributed by atoms with Crippen molar-refractivity contribution in [3.05, 3.63) is 0 Å². The second-order valence-electron chi connectivity index (χ2n) is 18.7. The molecule has 19 heteroatoms. The molecule has 0 aromatic carbocycles. The van der Waals surface area contributed by atoms with Gasteiger partial charge in [0.15, 0.2) is 12.2 Å². The van der Waals surface area contributed by atoms with Gasteiger partial charge in [0.1, 0.15) is 19.3 Å². The van der Waals surface area contributed by atoms with Crippen molar-refractivity contribution in [3.8, 4) is 0 Å². The van der Waals surface area contributed by atoms with Gasteiger partial charge in [0, 0.05) is 25.7 Å². The smallest absolute Gasteiger partial charge is 0.462 e. The Hall–Kier alpha value is -1.94. The van der Waals surface area contributed by atoms with Gasteiger partial charge >= 0.3 is 39.5 Å². The van der Waals surface area contributed by atoms with Crippen molar-refractivity contribution in [2.75, 3.05) is 39.6 Å². The lowest BCUT2D eigenvalue weighted by molar-refractivity contribution is -0.161. The van der Waals surface area contributed by atoms with Crippen LogP contribution in [0.4, 0.5) is 0 Å². The third kappa shape index (κ3) is 45.7. The second-order valence-corrected chi connectivity index (χ2v) is 21.6. The number of carbonyl (C=O) groups excluding carboxylic acids is 4. The quantitative estimate of drug-likeness (QED) is 0.0222. The van der Waals surface area contributed by atoms with Crippen LogP contribution in [0, 0.1) is 5.92 Å². The Morgan fingerprint density at radius 1 is 0.391 bits per heavy atom. The number of phosphoric acid groups is 2. The minimum Gasteiger partial charge on any atom is -0.462 e. The molecular weight excluding hydrogens is 934 g/mol. The van der Waals surface area contributed by atoms with E-state index in [0.717, 1.165) is 103 Å². The first-order valence-electron chi connectivity index (χ1n) is 26.6. The summed E-state index contributed by atoms with van der Waals surface area (Å²) in [6.45, 7) is 6.80. The predicted octanol–water partition coefficient (Wildman–Crippen LogP) is 12.3. The van der Waals surface area contributed by atoms with Crippen molar-refractivity contribution in [2.45, 2.75) is 252 Å². The van der Waals surface area contributed by atoms with Crippen LogP contribution >= 0.6 is 15.6 Å². The van der Waals surface area contributed by atoms with Gasteiger partial charge in [-0.15, -0.1) is 0 Å². The Morgan fingerprint density at radius 2 is 0.667 bits per heavy atom. The van der Waals surface area contributed by atoms with Crippen LogP contribution in [-0.2, 0) is 65.4 Å². The zero-order valence-corrected chi connectivity index (χ0v) is 45.2. The minimum absolute atomic E-state index is 0.0984. The molecule has 0 aliphatic heterocycles. The molecule has 0 bridgehead atoms. The molecule has 0 saturated heterocycles. The lowest BCUT2D eigenvalue weighted by atomic mass is 10.0. The first-order chi connectivity index (χ1) is 33.0. The molecule has 408 valence electrons. The number of phosphoric ester groups is 2. The minimum atomic E-state index is -4.92. The number of aliphatic hydroxyl groups is 1. The van der Waals surface area contributed by atoms with Gasteiger partial charge in [-0.3, -0.25) is 37.3 Å². The van der Waals surface area contributed by atoms with Crippen LogP contribution < -0.4 is 0 Å². The van der Waals surface area contributed by atoms with Gasteiger partial charge in [-0.05, 0) is 31.6 Å². The summed E-state index contributed by atoms with van der Waals surface area (Å²) in [5, 5.41) is 10.4. The molecule has 17 nitrogen and oxygen atoms in total. The summed E-state index contributed by atoms with van der Waals surface area (Å²) in [4.78, 5) is 70.9. The van der Waals surface area contributed by atoms with E-state index in [-0.39, 0.29) is 25.7 Å². The van der Waals surface area contributed by atoms with Crippen molar-refractivity contribution in [3.63, 3.8) is 0 Å². The summed E-state index contributed by atoms with van der Waals surface area (Å²) in [6.07, 6.45) is 23.4. The molecule has 0 radical (unpaired) electrons. The highest BCUT2D eigenvalue weighted by Crippen LogP contribution is 2.45. The van der Waals surface area contributed by atoms with Crippen molar-refractivity contribution in [1.82, 2.24) is 0 Å². The third-order valence-corrected chi connectivity index (χ3v) is 13.2. The number of rotatable bonds is 50. The molecule has 0 amide bonds. The van der Waals surface area contributed by atoms with Crippen LogP contribution in [0.3, 0.4) is 0 Å². The maximum atomic E-state index is 12.8. The molecule has 0 spiro atoms. The molecular formula is C50H96O17P2. The molecule has 2 unspecified atom stereocenters. The van der Waals surface area contributed by atoms with E-state index >= 15 is 0 Å². The Morgan fingerprint density at radius 3 is 0.986 bits per heavy atom. The second kappa shape index (κ2) is 44.7. The van der Waals surface area contributed by atoms with Crippen LogP contribution in [0.15, 0.2) is 0 Å². The number of hydrogen-bond acceptors (Lipinski definition) is 15. The third-order valence-electron chi connectivity index (χ3n) is 11.3. The van der Waals surface area contributed by atoms with Gasteiger partial charge in [-0.2, -0.15) is 0 Å². The zero-order chi connectivity index (χ0) is 51.4. The highest BCUT2D eigenvalue weighted by atomic mass is 31.2. The van der Waals surface area contributed by atoms with Crippen LogP contribution in [0.2, 0.25) is 0 Å². The van der Waals surface area contributed by atoms with Crippen molar-refractivity contribution >= 4 is 39.5 Å². The molecule has 0 heterocycles. The Balaban J connectivity index is 5.15. The van der Waals surface area contributed by atoms with Gasteiger partial charge in [-0.25, -0.2) is 9.13 Å². The number of unbranched alkanes of at least 4 members (excludes halogenated alkanes) is 22. The molecule has 0 fully saturated rings. The van der Waals surface area contributed by atoms with Gasteiger partial charge in [-0.1, -0.05) is 182 Å². The molecule has 0 saturated carbocycles. The van der Waals surface area contributed by atoms with E-state index in [1.165, 1.54) is 44.9 Å². The predicted molar refractivity (Wildman–Crippen MR) is 266 cm³/mol. The van der Waals surface area contributed by atoms with E-state index in [1.54, 1.807) is 0 Å². The van der Waals surface area contributed by atoms with E-state index in [9.17, 15) is 43.2 Å². The normalized spacial score (nSPS) is 14.7. The average molecular weight is 1030 g/mol. The molecule has 0 aliphatic rings. The summed E-state index contributed by atoms with van der Waals surface area (Å²) in [7, 11) is -9.84. The van der Waals surface area contributed by atoms with Crippen LogP contribution in [0.1, 0.15) is 234 Å². The van der Waals surface area contributed by atoms with E-state index in [0.29, 0.717) is 31.6 Å². The van der Waals surface area contributed by atoms with Gasteiger partial charge in [0.2, 0.25) is 0 Å². The Labute approximate surface area is 416 Å². The molecule has 0 aromatic heterocycles. The highest BCUT2D eigenvalue weighted by Gasteiger charge is 2.30. The zero-order valence-electron chi connectivity index (χ0n) is 43.4. The van der Waals surface area contributed by atoms with Gasteiger partial charge in [0.25, 0.3) is 0 Å². The largest absolute Gasteiger partial charge is 0.472 e. The number of hydrogen-bond donors (Lipinski definition) is 3. The summed E-state index contributed by atoms with van der Waals surface area (Å²) in [6, 6.07) is 0. The number of esters is 4. The Kier molecular flexibility index (Phi) is 43.5. The molecule has 0 rings (SSSR count). The molecule has 5 atom stereocenters. The van der Waals surface area contributed by atoms with Crippen molar-refractivity contribution in [1.29, 1.82) is 0 Å². The lowest BCUT2D eigenvalue weighted by Crippen LogP contribution is -2.30. The Bertz CT molecular complexity index is 1380. The summed E-state index contributed by atoms with van der Waals surface area (Å²) >= 11 is 0. The number of carbonyl (C=O) groups is 4. The summed E-state index contributed by atoms with van der Waals surface area (Å²) in [5.41, 5.74) is 0. The fraction of sp³-hybridized carbons (Fsp3) is 0.920. The molecule has 3 N–H and O–H groups in total. The topological polar surface area (TPSA) is 237 Å². The fourth-order valence-electron chi connectivity index (χ4n) is 7.11. The van der Waals surface area contributed by atoms with Crippen LogP contribution in [0.5, 0.6) is 0 Å². The first kappa shape index (κ1) is 67.1. The number of aliphatic hydroxyl groups excluding tert-OH is 1. The van der Waals surface area contributed by atoms with Gasteiger partial charge < -0.3 is 33.8 Å². The summed E-state index contributed by atoms with van der Waals surface area (Å²) < 4.78 is 66.9. The standard InChI is InChI=1S/C50H96O17P2/c1-6-9-12-15-16-17-18-19-26-31-36-50(55)67-46(40-61-48(53)34-29-25-21-20-24-27-32-43(4)5)42-65-69(58,59)63-38-44(51)37-62-68(56,57)64-41-45(66-49(54)35-30-23-14-11-8-3)39-60-47(52)33-28-22-13-10-7-2/h43-46,51H,6-42H2,1-5H3,(H,56,57)(H,58,59)/t44-,45+,46+/m0/s1. The lowest BCUT2D eigenvalue weighted by Gasteiger charge is -2.21. The molecule has 0 aliphatic carbocycles. The van der Waals surface area contributed by atoms with Crippen LogP contribution in [0.25, 0.3) is 0 Å². The monoisotopic (exact) mass is 1030 g/mol. The van der Waals surface area contributed by atoms with E-state index in [1.807, 2.05) is 0 Å².